The Morgan fingerprint density at radius 1 is 0.917 bits per heavy atom. The highest BCUT2D eigenvalue weighted by atomic mass is 32.2. The van der Waals surface area contributed by atoms with E-state index >= 15 is 0 Å². The highest BCUT2D eigenvalue weighted by Gasteiger charge is 2.13. The lowest BCUT2D eigenvalue weighted by Crippen LogP contribution is -2.28. The van der Waals surface area contributed by atoms with Crippen molar-refractivity contribution in [2.24, 2.45) is 0 Å². The van der Waals surface area contributed by atoms with Crippen LogP contribution in [0.4, 0.5) is 4.39 Å². The van der Waals surface area contributed by atoms with E-state index in [1.807, 2.05) is 42.5 Å². The van der Waals surface area contributed by atoms with Gasteiger partial charge in [0.15, 0.2) is 0 Å². The van der Waals surface area contributed by atoms with Gasteiger partial charge in [0, 0.05) is 11.9 Å². The Labute approximate surface area is 139 Å². The number of hydrogen-bond acceptors (Lipinski definition) is 3. The summed E-state index contributed by atoms with van der Waals surface area (Å²) in [5.74, 6) is 0.224. The zero-order chi connectivity index (χ0) is 17.0. The van der Waals surface area contributed by atoms with Crippen molar-refractivity contribution in [2.75, 3.05) is 13.2 Å². The second-order valence-electron chi connectivity index (χ2n) is 5.18. The van der Waals surface area contributed by atoms with Crippen LogP contribution in [0.1, 0.15) is 0 Å². The van der Waals surface area contributed by atoms with E-state index in [1.165, 1.54) is 12.1 Å². The monoisotopic (exact) mass is 345 g/mol. The van der Waals surface area contributed by atoms with Crippen molar-refractivity contribution < 1.29 is 17.5 Å². The number of ether oxygens (including phenoxy) is 1. The Balaban J connectivity index is 1.61. The van der Waals surface area contributed by atoms with Gasteiger partial charge in [0.1, 0.15) is 18.2 Å². The molecule has 0 aliphatic carbocycles. The minimum Gasteiger partial charge on any atom is -0.492 e. The van der Waals surface area contributed by atoms with Crippen LogP contribution in [0.15, 0.2) is 71.6 Å². The standard InChI is InChI=1S/C18H16FNO3S/c19-15-8-10-16(11-9-15)24(21,22)20-12-13-23-18-7-3-5-14-4-1-2-6-17(14)18/h1-11,20H,12-13H2. The average Bonchev–Trinajstić information content (AvgIpc) is 2.59. The second kappa shape index (κ2) is 6.98. The topological polar surface area (TPSA) is 55.4 Å². The Kier molecular flexibility index (Phi) is 4.78. The predicted molar refractivity (Wildman–Crippen MR) is 91.0 cm³/mol. The van der Waals surface area contributed by atoms with Gasteiger partial charge >= 0.3 is 0 Å². The molecule has 0 unspecified atom stereocenters. The molecule has 6 heteroatoms. The van der Waals surface area contributed by atoms with E-state index in [4.69, 9.17) is 4.74 Å². The summed E-state index contributed by atoms with van der Waals surface area (Å²) in [6, 6.07) is 18.2. The molecule has 3 aromatic rings. The fourth-order valence-corrected chi connectivity index (χ4v) is 3.37. The molecule has 0 saturated carbocycles. The third kappa shape index (κ3) is 3.72. The van der Waals surface area contributed by atoms with Crippen LogP contribution in [-0.4, -0.2) is 21.6 Å². The molecule has 0 aliphatic rings. The zero-order valence-electron chi connectivity index (χ0n) is 12.8. The Hall–Kier alpha value is -2.44. The van der Waals surface area contributed by atoms with Crippen molar-refractivity contribution in [1.82, 2.24) is 4.72 Å². The van der Waals surface area contributed by atoms with Gasteiger partial charge in [0.2, 0.25) is 10.0 Å². The van der Waals surface area contributed by atoms with Gasteiger partial charge in [-0.15, -0.1) is 0 Å². The largest absolute Gasteiger partial charge is 0.492 e. The van der Waals surface area contributed by atoms with E-state index in [1.54, 1.807) is 0 Å². The summed E-state index contributed by atoms with van der Waals surface area (Å²) >= 11 is 0. The van der Waals surface area contributed by atoms with Crippen molar-refractivity contribution in [3.63, 3.8) is 0 Å². The predicted octanol–water partition coefficient (Wildman–Crippen LogP) is 3.34. The molecule has 3 rings (SSSR count). The fraction of sp³-hybridized carbons (Fsp3) is 0.111. The maximum Gasteiger partial charge on any atom is 0.240 e. The van der Waals surface area contributed by atoms with Crippen LogP contribution in [0.25, 0.3) is 10.8 Å². The van der Waals surface area contributed by atoms with Gasteiger partial charge < -0.3 is 4.74 Å². The van der Waals surface area contributed by atoms with Gasteiger partial charge in [0.05, 0.1) is 4.90 Å². The molecule has 4 nitrogen and oxygen atoms in total. The molecule has 3 aromatic carbocycles. The Morgan fingerprint density at radius 2 is 1.62 bits per heavy atom. The lowest BCUT2D eigenvalue weighted by Gasteiger charge is -2.10. The molecule has 0 spiro atoms. The molecular weight excluding hydrogens is 329 g/mol. The molecule has 0 atom stereocenters. The molecule has 0 saturated heterocycles. The summed E-state index contributed by atoms with van der Waals surface area (Å²) in [7, 11) is -3.67. The first kappa shape index (κ1) is 16.4. The first-order valence-electron chi connectivity index (χ1n) is 7.42. The van der Waals surface area contributed by atoms with Crippen LogP contribution >= 0.6 is 0 Å². The molecule has 0 bridgehead atoms. The second-order valence-corrected chi connectivity index (χ2v) is 6.94. The highest BCUT2D eigenvalue weighted by Crippen LogP contribution is 2.24. The summed E-state index contributed by atoms with van der Waals surface area (Å²) in [5, 5.41) is 2.03. The summed E-state index contributed by atoms with van der Waals surface area (Å²) < 4.78 is 45.1. The summed E-state index contributed by atoms with van der Waals surface area (Å²) in [5.41, 5.74) is 0. The summed E-state index contributed by atoms with van der Waals surface area (Å²) in [6.45, 7) is 0.303. The van der Waals surface area contributed by atoms with Gasteiger partial charge in [0.25, 0.3) is 0 Å². The van der Waals surface area contributed by atoms with Crippen molar-refractivity contribution in [3.05, 3.63) is 72.5 Å². The van der Waals surface area contributed by atoms with Crippen molar-refractivity contribution in [3.8, 4) is 5.75 Å². The minimum atomic E-state index is -3.67. The van der Waals surface area contributed by atoms with Gasteiger partial charge in [-0.05, 0) is 35.7 Å². The van der Waals surface area contributed by atoms with E-state index in [0.29, 0.717) is 5.75 Å². The highest BCUT2D eigenvalue weighted by molar-refractivity contribution is 7.89. The lowest BCUT2D eigenvalue weighted by atomic mass is 10.1. The molecule has 24 heavy (non-hydrogen) atoms. The summed E-state index contributed by atoms with van der Waals surface area (Å²) in [4.78, 5) is 0.0223. The van der Waals surface area contributed by atoms with E-state index in [2.05, 4.69) is 4.72 Å². The maximum absolute atomic E-state index is 12.9. The van der Waals surface area contributed by atoms with Crippen LogP contribution < -0.4 is 9.46 Å². The van der Waals surface area contributed by atoms with Crippen molar-refractivity contribution >= 4 is 20.8 Å². The number of sulfonamides is 1. The smallest absolute Gasteiger partial charge is 0.240 e. The number of rotatable bonds is 6. The number of nitrogens with one attached hydrogen (secondary N) is 1. The fourth-order valence-electron chi connectivity index (χ4n) is 2.36. The third-order valence-electron chi connectivity index (χ3n) is 3.53. The van der Waals surface area contributed by atoms with Gasteiger partial charge in [-0.25, -0.2) is 17.5 Å². The Morgan fingerprint density at radius 3 is 2.42 bits per heavy atom. The molecule has 0 aromatic heterocycles. The number of halogens is 1. The SMILES string of the molecule is O=S(=O)(NCCOc1cccc2ccccc12)c1ccc(F)cc1. The van der Waals surface area contributed by atoms with E-state index in [-0.39, 0.29) is 18.0 Å². The van der Waals surface area contributed by atoms with Crippen LogP contribution in [0.2, 0.25) is 0 Å². The normalized spacial score (nSPS) is 11.5. The quantitative estimate of drug-likeness (QED) is 0.697. The molecule has 0 fully saturated rings. The van der Waals surface area contributed by atoms with E-state index < -0.39 is 15.8 Å². The molecule has 1 N–H and O–H groups in total. The molecule has 0 amide bonds. The van der Waals surface area contributed by atoms with Crippen LogP contribution in [-0.2, 0) is 10.0 Å². The number of fused-ring (bicyclic) bond motifs is 1. The molecule has 0 radical (unpaired) electrons. The van der Waals surface area contributed by atoms with Gasteiger partial charge in [-0.3, -0.25) is 0 Å². The van der Waals surface area contributed by atoms with Crippen molar-refractivity contribution in [1.29, 1.82) is 0 Å². The first-order chi connectivity index (χ1) is 11.6. The van der Waals surface area contributed by atoms with Crippen molar-refractivity contribution in [2.45, 2.75) is 4.90 Å². The van der Waals surface area contributed by atoms with Crippen LogP contribution in [0.3, 0.4) is 0 Å². The zero-order valence-corrected chi connectivity index (χ0v) is 13.6. The maximum atomic E-state index is 12.9. The Bertz CT molecular complexity index is 935. The number of benzene rings is 3. The van der Waals surface area contributed by atoms with Gasteiger partial charge in [-0.1, -0.05) is 36.4 Å². The summed E-state index contributed by atoms with van der Waals surface area (Å²) in [6.07, 6.45) is 0. The number of hydrogen-bond donors (Lipinski definition) is 1. The van der Waals surface area contributed by atoms with E-state index in [9.17, 15) is 12.8 Å². The van der Waals surface area contributed by atoms with Crippen LogP contribution in [0, 0.1) is 5.82 Å². The lowest BCUT2D eigenvalue weighted by molar-refractivity contribution is 0.326. The molecule has 124 valence electrons. The minimum absolute atomic E-state index is 0.0223. The molecular formula is C18H16FNO3S. The average molecular weight is 345 g/mol. The van der Waals surface area contributed by atoms with Gasteiger partial charge in [-0.2, -0.15) is 0 Å². The molecule has 0 aliphatic heterocycles. The molecule has 0 heterocycles. The van der Waals surface area contributed by atoms with E-state index in [0.717, 1.165) is 22.9 Å². The van der Waals surface area contributed by atoms with Crippen LogP contribution in [0.5, 0.6) is 5.75 Å². The first-order valence-corrected chi connectivity index (χ1v) is 8.90. The third-order valence-corrected chi connectivity index (χ3v) is 5.00.